The summed E-state index contributed by atoms with van der Waals surface area (Å²) in [5.41, 5.74) is 7.03. The molecule has 0 amide bonds. The van der Waals surface area contributed by atoms with Gasteiger partial charge in [0, 0.05) is 18.1 Å². The maximum atomic E-state index is 6.15. The first kappa shape index (κ1) is 15.3. The van der Waals surface area contributed by atoms with Crippen molar-refractivity contribution in [3.05, 3.63) is 0 Å². The van der Waals surface area contributed by atoms with Gasteiger partial charge in [-0.25, -0.2) is 0 Å². The van der Waals surface area contributed by atoms with Crippen LogP contribution in [0.3, 0.4) is 0 Å². The number of hydrogen-bond acceptors (Lipinski definition) is 2. The van der Waals surface area contributed by atoms with Gasteiger partial charge in [0.1, 0.15) is 0 Å². The van der Waals surface area contributed by atoms with E-state index in [2.05, 4.69) is 39.6 Å². The number of nitrogens with zero attached hydrogens (tertiary/aromatic N) is 1. The summed E-state index contributed by atoms with van der Waals surface area (Å²) >= 11 is 0. The van der Waals surface area contributed by atoms with Crippen molar-refractivity contribution in [3.63, 3.8) is 0 Å². The lowest BCUT2D eigenvalue weighted by Crippen LogP contribution is -2.64. The van der Waals surface area contributed by atoms with Crippen LogP contribution in [0.15, 0.2) is 0 Å². The van der Waals surface area contributed by atoms with Crippen molar-refractivity contribution in [2.75, 3.05) is 13.6 Å². The van der Waals surface area contributed by atoms with Crippen LogP contribution in [0.2, 0.25) is 0 Å². The van der Waals surface area contributed by atoms with Crippen molar-refractivity contribution < 1.29 is 0 Å². The molecule has 2 N–H and O–H groups in total. The topological polar surface area (TPSA) is 29.3 Å². The molecule has 2 heteroatoms. The normalized spacial score (nSPS) is 35.7. The quantitative estimate of drug-likeness (QED) is 0.841. The SMILES string of the molecule is CC(C)C1CC(CN)(N(C)C2CCC(C)(C)CC2)C1. The molecule has 0 radical (unpaired) electrons. The Labute approximate surface area is 120 Å². The standard InChI is InChI=1S/C17H34N2/c1-13(2)14-10-17(11-14,12-18)19(5)15-6-8-16(3,4)9-7-15/h13-15H,6-12,18H2,1-5H3. The lowest BCUT2D eigenvalue weighted by atomic mass is 9.62. The third-order valence-corrected chi connectivity index (χ3v) is 6.21. The van der Waals surface area contributed by atoms with Gasteiger partial charge >= 0.3 is 0 Å². The highest BCUT2D eigenvalue weighted by Crippen LogP contribution is 2.48. The molecule has 0 heterocycles. The minimum absolute atomic E-state index is 0.321. The third kappa shape index (κ3) is 3.00. The largest absolute Gasteiger partial charge is 0.329 e. The van der Waals surface area contributed by atoms with Crippen LogP contribution in [0.25, 0.3) is 0 Å². The van der Waals surface area contributed by atoms with Gasteiger partial charge in [0.2, 0.25) is 0 Å². The van der Waals surface area contributed by atoms with E-state index in [1.54, 1.807) is 0 Å². The van der Waals surface area contributed by atoms with Crippen molar-refractivity contribution in [1.29, 1.82) is 0 Å². The van der Waals surface area contributed by atoms with Crippen LogP contribution in [-0.4, -0.2) is 30.1 Å². The van der Waals surface area contributed by atoms with Crippen LogP contribution >= 0.6 is 0 Å². The average Bonchev–Trinajstić information content (AvgIpc) is 2.27. The smallest absolute Gasteiger partial charge is 0.0337 e. The molecule has 19 heavy (non-hydrogen) atoms. The maximum Gasteiger partial charge on any atom is 0.0337 e. The summed E-state index contributed by atoms with van der Waals surface area (Å²) in [5, 5.41) is 0. The molecule has 2 aliphatic carbocycles. The van der Waals surface area contributed by atoms with E-state index in [0.717, 1.165) is 24.4 Å². The zero-order chi connectivity index (χ0) is 14.3. The van der Waals surface area contributed by atoms with Crippen LogP contribution in [0.4, 0.5) is 0 Å². The number of nitrogens with two attached hydrogens (primary N) is 1. The fourth-order valence-electron chi connectivity index (χ4n) is 4.14. The summed E-state index contributed by atoms with van der Waals surface area (Å²) < 4.78 is 0. The molecular formula is C17H34N2. The van der Waals surface area contributed by atoms with E-state index >= 15 is 0 Å². The van der Waals surface area contributed by atoms with Crippen molar-refractivity contribution >= 4 is 0 Å². The Kier molecular flexibility index (Phi) is 4.32. The molecule has 0 atom stereocenters. The van der Waals surface area contributed by atoms with Gasteiger partial charge in [0.25, 0.3) is 0 Å². The molecule has 112 valence electrons. The molecule has 2 fully saturated rings. The molecule has 0 saturated heterocycles. The van der Waals surface area contributed by atoms with E-state index in [0.29, 0.717) is 11.0 Å². The van der Waals surface area contributed by atoms with E-state index in [9.17, 15) is 0 Å². The summed E-state index contributed by atoms with van der Waals surface area (Å²) in [6.45, 7) is 10.4. The predicted octanol–water partition coefficient (Wildman–Crippen LogP) is 3.65. The first-order chi connectivity index (χ1) is 8.80. The van der Waals surface area contributed by atoms with Gasteiger partial charge in [-0.05, 0) is 62.8 Å². The highest BCUT2D eigenvalue weighted by molar-refractivity contribution is 5.05. The molecule has 0 unspecified atom stereocenters. The van der Waals surface area contributed by atoms with E-state index in [4.69, 9.17) is 5.73 Å². The van der Waals surface area contributed by atoms with E-state index < -0.39 is 0 Å². The third-order valence-electron chi connectivity index (χ3n) is 6.21. The molecule has 2 rings (SSSR count). The van der Waals surface area contributed by atoms with E-state index in [1.807, 2.05) is 0 Å². The van der Waals surface area contributed by atoms with Gasteiger partial charge in [-0.3, -0.25) is 4.90 Å². The second kappa shape index (κ2) is 5.37. The van der Waals surface area contributed by atoms with Crippen molar-refractivity contribution in [2.24, 2.45) is 23.0 Å². The van der Waals surface area contributed by atoms with Gasteiger partial charge in [-0.15, -0.1) is 0 Å². The first-order valence-electron chi connectivity index (χ1n) is 8.23. The van der Waals surface area contributed by atoms with E-state index in [-0.39, 0.29) is 0 Å². The minimum Gasteiger partial charge on any atom is -0.329 e. The Morgan fingerprint density at radius 2 is 1.68 bits per heavy atom. The van der Waals surface area contributed by atoms with Gasteiger partial charge in [-0.1, -0.05) is 27.7 Å². The molecule has 0 aromatic rings. The van der Waals surface area contributed by atoms with Gasteiger partial charge in [0.15, 0.2) is 0 Å². The highest BCUT2D eigenvalue weighted by atomic mass is 15.2. The number of rotatable bonds is 4. The second-order valence-corrected chi connectivity index (χ2v) is 8.35. The van der Waals surface area contributed by atoms with Crippen LogP contribution in [0.1, 0.15) is 66.2 Å². The molecule has 2 saturated carbocycles. The van der Waals surface area contributed by atoms with Gasteiger partial charge < -0.3 is 5.73 Å². The predicted molar refractivity (Wildman–Crippen MR) is 83.1 cm³/mol. The summed E-state index contributed by atoms with van der Waals surface area (Å²) in [6.07, 6.45) is 8.09. The number of likely N-dealkylation sites (N-methyl/N-ethyl adjacent to an activating group) is 1. The van der Waals surface area contributed by atoms with Crippen molar-refractivity contribution in [3.8, 4) is 0 Å². The van der Waals surface area contributed by atoms with Gasteiger partial charge in [-0.2, -0.15) is 0 Å². The monoisotopic (exact) mass is 266 g/mol. The summed E-state index contributed by atoms with van der Waals surface area (Å²) in [7, 11) is 2.34. The molecule has 2 nitrogen and oxygen atoms in total. The molecule has 0 aliphatic heterocycles. The van der Waals surface area contributed by atoms with E-state index in [1.165, 1.54) is 38.5 Å². The van der Waals surface area contributed by atoms with Crippen LogP contribution in [0, 0.1) is 17.3 Å². The van der Waals surface area contributed by atoms with Gasteiger partial charge in [0.05, 0.1) is 0 Å². The molecule has 0 bridgehead atoms. The summed E-state index contributed by atoms with van der Waals surface area (Å²) in [4.78, 5) is 2.67. The van der Waals surface area contributed by atoms with Crippen LogP contribution in [0.5, 0.6) is 0 Å². The molecule has 2 aliphatic rings. The number of hydrogen-bond donors (Lipinski definition) is 1. The molecule has 0 aromatic carbocycles. The minimum atomic E-state index is 0.321. The average molecular weight is 266 g/mol. The lowest BCUT2D eigenvalue weighted by molar-refractivity contribution is -0.0569. The molecular weight excluding hydrogens is 232 g/mol. The second-order valence-electron chi connectivity index (χ2n) is 8.35. The Morgan fingerprint density at radius 3 is 2.11 bits per heavy atom. The highest BCUT2D eigenvalue weighted by Gasteiger charge is 2.49. The maximum absolute atomic E-state index is 6.15. The van der Waals surface area contributed by atoms with Crippen molar-refractivity contribution in [1.82, 2.24) is 4.90 Å². The zero-order valence-electron chi connectivity index (χ0n) is 13.7. The Hall–Kier alpha value is -0.0800. The van der Waals surface area contributed by atoms with Crippen molar-refractivity contribution in [2.45, 2.75) is 77.8 Å². The fraction of sp³-hybridized carbons (Fsp3) is 1.00. The van der Waals surface area contributed by atoms with Crippen LogP contribution in [-0.2, 0) is 0 Å². The Bertz CT molecular complexity index is 292. The first-order valence-corrected chi connectivity index (χ1v) is 8.23. The fourth-order valence-corrected chi connectivity index (χ4v) is 4.14. The molecule has 0 aromatic heterocycles. The Balaban J connectivity index is 1.94. The van der Waals surface area contributed by atoms with Crippen LogP contribution < -0.4 is 5.73 Å². The summed E-state index contributed by atoms with van der Waals surface area (Å²) in [5.74, 6) is 1.71. The lowest BCUT2D eigenvalue weighted by Gasteiger charge is -2.57. The Morgan fingerprint density at radius 1 is 1.16 bits per heavy atom. The zero-order valence-corrected chi connectivity index (χ0v) is 13.7. The molecule has 0 spiro atoms. The summed E-state index contributed by atoms with van der Waals surface area (Å²) in [6, 6.07) is 0.768.